The van der Waals surface area contributed by atoms with Crippen LogP contribution in [0.2, 0.25) is 0 Å². The molecule has 2 N–H and O–H groups in total. The van der Waals surface area contributed by atoms with Crippen LogP contribution in [0.15, 0.2) is 59.5 Å². The Balaban J connectivity index is 1.95. The molecule has 0 aliphatic rings. The van der Waals surface area contributed by atoms with E-state index in [1.807, 2.05) is 51.1 Å². The highest BCUT2D eigenvalue weighted by atomic mass is 32.2. The lowest BCUT2D eigenvalue weighted by Crippen LogP contribution is -2.18. The number of carbonyl (C=O) groups excluding carboxylic acids is 1. The normalized spacial score (nSPS) is 11.5. The lowest BCUT2D eigenvalue weighted by atomic mass is 9.98. The summed E-state index contributed by atoms with van der Waals surface area (Å²) in [4.78, 5) is 13.1. The number of aryl methyl sites for hydroxylation is 3. The van der Waals surface area contributed by atoms with Crippen LogP contribution in [-0.4, -0.2) is 14.3 Å². The molecule has 0 spiro atoms. The summed E-state index contributed by atoms with van der Waals surface area (Å²) >= 11 is 0. The van der Waals surface area contributed by atoms with Crippen LogP contribution >= 0.6 is 0 Å². The number of benzene rings is 3. The van der Waals surface area contributed by atoms with Crippen molar-refractivity contribution in [2.45, 2.75) is 52.4 Å². The molecule has 0 aliphatic heterocycles. The SMILES string of the molecule is Cc1ccc(C(=O)Nc2c(C)cccc2C(C)C)cc1S(=O)(=O)Nc1cccc(C)c1C. The average molecular weight is 451 g/mol. The van der Waals surface area contributed by atoms with E-state index in [2.05, 4.69) is 23.9 Å². The number of hydrogen-bond acceptors (Lipinski definition) is 3. The van der Waals surface area contributed by atoms with Crippen molar-refractivity contribution in [1.29, 1.82) is 0 Å². The molecule has 168 valence electrons. The quantitative estimate of drug-likeness (QED) is 0.477. The number of rotatable bonds is 6. The van der Waals surface area contributed by atoms with E-state index >= 15 is 0 Å². The van der Waals surface area contributed by atoms with Gasteiger partial charge in [-0.2, -0.15) is 0 Å². The van der Waals surface area contributed by atoms with Crippen LogP contribution in [0.1, 0.15) is 57.9 Å². The van der Waals surface area contributed by atoms with Crippen molar-refractivity contribution in [1.82, 2.24) is 0 Å². The van der Waals surface area contributed by atoms with Crippen molar-refractivity contribution >= 4 is 27.3 Å². The molecule has 3 aromatic rings. The summed E-state index contributed by atoms with van der Waals surface area (Å²) in [5.41, 5.74) is 6.01. The summed E-state index contributed by atoms with van der Waals surface area (Å²) in [5, 5.41) is 2.99. The van der Waals surface area contributed by atoms with E-state index in [0.29, 0.717) is 11.3 Å². The Morgan fingerprint density at radius 2 is 1.50 bits per heavy atom. The Kier molecular flexibility index (Phi) is 6.74. The van der Waals surface area contributed by atoms with Crippen LogP contribution in [0.25, 0.3) is 0 Å². The molecule has 0 fully saturated rings. The zero-order chi connectivity index (χ0) is 23.6. The fourth-order valence-corrected chi connectivity index (χ4v) is 5.01. The van der Waals surface area contributed by atoms with Gasteiger partial charge in [0.2, 0.25) is 0 Å². The predicted molar refractivity (Wildman–Crippen MR) is 131 cm³/mol. The smallest absolute Gasteiger partial charge is 0.262 e. The minimum absolute atomic E-state index is 0.0833. The third-order valence-corrected chi connectivity index (χ3v) is 7.26. The minimum Gasteiger partial charge on any atom is -0.321 e. The Morgan fingerprint density at radius 1 is 0.844 bits per heavy atom. The van der Waals surface area contributed by atoms with E-state index in [9.17, 15) is 13.2 Å². The molecule has 0 atom stereocenters. The molecule has 0 heterocycles. The fourth-order valence-electron chi connectivity index (χ4n) is 3.62. The topological polar surface area (TPSA) is 75.3 Å². The molecular weight excluding hydrogens is 420 g/mol. The summed E-state index contributed by atoms with van der Waals surface area (Å²) in [6.45, 7) is 11.6. The van der Waals surface area contributed by atoms with Crippen LogP contribution in [0.3, 0.4) is 0 Å². The van der Waals surface area contributed by atoms with Crippen LogP contribution in [-0.2, 0) is 10.0 Å². The first-order valence-corrected chi connectivity index (χ1v) is 12.1. The van der Waals surface area contributed by atoms with Gasteiger partial charge in [0.25, 0.3) is 15.9 Å². The summed E-state index contributed by atoms with van der Waals surface area (Å²) in [6.07, 6.45) is 0. The van der Waals surface area contributed by atoms with Crippen molar-refractivity contribution in [2.24, 2.45) is 0 Å². The van der Waals surface area contributed by atoms with E-state index in [1.165, 1.54) is 6.07 Å². The van der Waals surface area contributed by atoms with E-state index in [1.54, 1.807) is 25.1 Å². The van der Waals surface area contributed by atoms with Crippen molar-refractivity contribution in [3.05, 3.63) is 88.0 Å². The first-order chi connectivity index (χ1) is 15.0. The second kappa shape index (κ2) is 9.17. The molecular formula is C26H30N2O3S. The molecule has 0 unspecified atom stereocenters. The van der Waals surface area contributed by atoms with Crippen molar-refractivity contribution < 1.29 is 13.2 Å². The summed E-state index contributed by atoms with van der Waals surface area (Å²) in [6, 6.07) is 16.1. The maximum atomic E-state index is 13.2. The number of sulfonamides is 1. The number of amides is 1. The maximum absolute atomic E-state index is 13.2. The van der Waals surface area contributed by atoms with E-state index in [0.717, 1.165) is 27.9 Å². The molecule has 0 bridgehead atoms. The van der Waals surface area contributed by atoms with Gasteiger partial charge in [-0.15, -0.1) is 0 Å². The molecule has 0 radical (unpaired) electrons. The van der Waals surface area contributed by atoms with E-state index < -0.39 is 10.0 Å². The standard InChI is InChI=1S/C26H30N2O3S/c1-16(2)22-11-7-10-19(5)25(22)27-26(29)21-14-13-18(4)24(15-21)32(30,31)28-23-12-8-9-17(3)20(23)6/h7-16,28H,1-6H3,(H,27,29). The zero-order valence-electron chi connectivity index (χ0n) is 19.4. The molecule has 0 aliphatic carbocycles. The van der Waals surface area contributed by atoms with E-state index in [-0.39, 0.29) is 22.3 Å². The average Bonchev–Trinajstić information content (AvgIpc) is 2.72. The van der Waals surface area contributed by atoms with Gasteiger partial charge in [-0.25, -0.2) is 8.42 Å². The van der Waals surface area contributed by atoms with Crippen LogP contribution in [0.5, 0.6) is 0 Å². The first kappa shape index (κ1) is 23.5. The molecule has 5 nitrogen and oxygen atoms in total. The lowest BCUT2D eigenvalue weighted by molar-refractivity contribution is 0.102. The maximum Gasteiger partial charge on any atom is 0.262 e. The van der Waals surface area contributed by atoms with Crippen molar-refractivity contribution in [3.63, 3.8) is 0 Å². The Bertz CT molecular complexity index is 1280. The Morgan fingerprint density at radius 3 is 2.19 bits per heavy atom. The molecule has 0 saturated heterocycles. The van der Waals surface area contributed by atoms with Crippen LogP contribution in [0, 0.1) is 27.7 Å². The highest BCUT2D eigenvalue weighted by Gasteiger charge is 2.21. The highest BCUT2D eigenvalue weighted by Crippen LogP contribution is 2.29. The number of nitrogens with one attached hydrogen (secondary N) is 2. The molecule has 32 heavy (non-hydrogen) atoms. The Hall–Kier alpha value is -3.12. The number of hydrogen-bond donors (Lipinski definition) is 2. The second-order valence-electron chi connectivity index (χ2n) is 8.48. The summed E-state index contributed by atoms with van der Waals surface area (Å²) in [7, 11) is -3.87. The molecule has 3 aromatic carbocycles. The van der Waals surface area contributed by atoms with Gasteiger partial charge in [0.1, 0.15) is 0 Å². The first-order valence-electron chi connectivity index (χ1n) is 10.6. The van der Waals surface area contributed by atoms with Gasteiger partial charge in [-0.1, -0.05) is 50.2 Å². The predicted octanol–water partition coefficient (Wildman–Crippen LogP) is 6.10. The van der Waals surface area contributed by atoms with Gasteiger partial charge < -0.3 is 5.32 Å². The van der Waals surface area contributed by atoms with Gasteiger partial charge in [0, 0.05) is 11.3 Å². The largest absolute Gasteiger partial charge is 0.321 e. The Labute approximate surface area is 190 Å². The minimum atomic E-state index is -3.87. The van der Waals surface area contributed by atoms with Gasteiger partial charge in [0.05, 0.1) is 10.6 Å². The van der Waals surface area contributed by atoms with Gasteiger partial charge in [-0.3, -0.25) is 9.52 Å². The number of carbonyl (C=O) groups is 1. The second-order valence-corrected chi connectivity index (χ2v) is 10.1. The van der Waals surface area contributed by atoms with E-state index in [4.69, 9.17) is 0 Å². The zero-order valence-corrected chi connectivity index (χ0v) is 20.2. The van der Waals surface area contributed by atoms with Crippen molar-refractivity contribution in [3.8, 4) is 0 Å². The molecule has 3 rings (SSSR count). The molecule has 0 aromatic heterocycles. The van der Waals surface area contributed by atoms with Gasteiger partial charge in [-0.05, 0) is 79.6 Å². The highest BCUT2D eigenvalue weighted by molar-refractivity contribution is 7.92. The molecule has 0 saturated carbocycles. The summed E-state index contributed by atoms with van der Waals surface area (Å²) < 4.78 is 29.0. The fraction of sp³-hybridized carbons (Fsp3) is 0.269. The number of anilines is 2. The van der Waals surface area contributed by atoms with Crippen molar-refractivity contribution in [2.75, 3.05) is 10.0 Å². The molecule has 1 amide bonds. The molecule has 6 heteroatoms. The lowest BCUT2D eigenvalue weighted by Gasteiger charge is -2.17. The number of para-hydroxylation sites is 1. The van der Waals surface area contributed by atoms with Gasteiger partial charge in [0.15, 0.2) is 0 Å². The van der Waals surface area contributed by atoms with Crippen LogP contribution < -0.4 is 10.0 Å². The third-order valence-electron chi connectivity index (χ3n) is 5.75. The monoisotopic (exact) mass is 450 g/mol. The third kappa shape index (κ3) is 4.86. The summed E-state index contributed by atoms with van der Waals surface area (Å²) in [5.74, 6) is -0.106. The van der Waals surface area contributed by atoms with Crippen LogP contribution in [0.4, 0.5) is 11.4 Å². The van der Waals surface area contributed by atoms with Gasteiger partial charge >= 0.3 is 0 Å².